The number of nitriles is 1. The Morgan fingerprint density at radius 1 is 1.29 bits per heavy atom. The Labute approximate surface area is 181 Å². The maximum atomic E-state index is 12.9. The molecular weight excluding hydrogens is 394 g/mol. The van der Waals surface area contributed by atoms with E-state index in [1.54, 1.807) is 6.07 Å². The zero-order chi connectivity index (χ0) is 22.2. The predicted octanol–water partition coefficient (Wildman–Crippen LogP) is 3.26. The first kappa shape index (κ1) is 20.9. The van der Waals surface area contributed by atoms with Crippen LogP contribution in [-0.2, 0) is 20.7 Å². The fourth-order valence-electron chi connectivity index (χ4n) is 3.90. The molecule has 7 nitrogen and oxygen atoms in total. The number of hydrogen-bond donors (Lipinski definition) is 2. The maximum Gasteiger partial charge on any atom is 0.259 e. The maximum absolute atomic E-state index is 12.9. The summed E-state index contributed by atoms with van der Waals surface area (Å²) in [5.41, 5.74) is 8.79. The summed E-state index contributed by atoms with van der Waals surface area (Å²) in [6.45, 7) is 4.99. The largest absolute Gasteiger partial charge is 0.492 e. The van der Waals surface area contributed by atoms with Gasteiger partial charge in [-0.05, 0) is 29.5 Å². The third-order valence-electron chi connectivity index (χ3n) is 5.91. The molecule has 2 aromatic carbocycles. The Morgan fingerprint density at radius 3 is 2.58 bits per heavy atom. The van der Waals surface area contributed by atoms with Gasteiger partial charge in [-0.15, -0.1) is 0 Å². The number of amides is 2. The summed E-state index contributed by atoms with van der Waals surface area (Å²) in [7, 11) is 0. The molecule has 31 heavy (non-hydrogen) atoms. The molecule has 1 saturated heterocycles. The molecule has 1 fully saturated rings. The van der Waals surface area contributed by atoms with Crippen LogP contribution in [0.2, 0.25) is 0 Å². The molecule has 4 rings (SSSR count). The molecule has 0 aromatic heterocycles. The molecule has 0 aliphatic carbocycles. The van der Waals surface area contributed by atoms with Crippen molar-refractivity contribution in [2.75, 3.05) is 18.5 Å². The van der Waals surface area contributed by atoms with Gasteiger partial charge in [-0.3, -0.25) is 9.59 Å². The monoisotopic (exact) mass is 419 g/mol. The van der Waals surface area contributed by atoms with Gasteiger partial charge in [-0.25, -0.2) is 0 Å². The molecule has 0 unspecified atom stereocenters. The number of nitrogens with zero attached hydrogens (tertiary/aromatic N) is 1. The van der Waals surface area contributed by atoms with Gasteiger partial charge in [0.25, 0.3) is 5.91 Å². The van der Waals surface area contributed by atoms with Crippen molar-refractivity contribution in [3.63, 3.8) is 0 Å². The third-order valence-corrected chi connectivity index (χ3v) is 5.91. The SMILES string of the molecule is CC(C)c1ccc(-c2cc(NC(=O)[C@@]3(CCC(N)=O)CO3)c(C#N)c3c2OCC3)cc1. The third kappa shape index (κ3) is 3.99. The van der Waals surface area contributed by atoms with E-state index in [9.17, 15) is 14.9 Å². The number of primary amides is 1. The molecule has 2 heterocycles. The van der Waals surface area contributed by atoms with Crippen LogP contribution in [0, 0.1) is 11.3 Å². The number of hydrogen-bond acceptors (Lipinski definition) is 5. The van der Waals surface area contributed by atoms with E-state index in [1.807, 2.05) is 12.1 Å². The number of nitrogens with two attached hydrogens (primary N) is 1. The lowest BCUT2D eigenvalue weighted by atomic mass is 9.93. The van der Waals surface area contributed by atoms with Gasteiger partial charge < -0.3 is 20.5 Å². The minimum atomic E-state index is -1.06. The standard InChI is InChI=1S/C24H25N3O4/c1-14(2)15-3-5-16(6-4-15)18-11-20(19(12-25)17-8-10-30-22(17)18)27-23(29)24(13-31-24)9-7-21(26)28/h3-6,11,14H,7-10,13H2,1-2H3,(H2,26,28)(H,27,29)/t24-/m1/s1. The van der Waals surface area contributed by atoms with E-state index >= 15 is 0 Å². The van der Waals surface area contributed by atoms with Crippen molar-refractivity contribution in [2.24, 2.45) is 5.73 Å². The van der Waals surface area contributed by atoms with Crippen molar-refractivity contribution in [2.45, 2.75) is 44.6 Å². The van der Waals surface area contributed by atoms with Crippen molar-refractivity contribution < 1.29 is 19.1 Å². The number of ether oxygens (including phenoxy) is 2. The van der Waals surface area contributed by atoms with Gasteiger partial charge in [0, 0.05) is 24.0 Å². The molecule has 7 heteroatoms. The van der Waals surface area contributed by atoms with Crippen molar-refractivity contribution >= 4 is 17.5 Å². The zero-order valence-electron chi connectivity index (χ0n) is 17.7. The van der Waals surface area contributed by atoms with Gasteiger partial charge in [-0.2, -0.15) is 5.26 Å². The van der Waals surface area contributed by atoms with E-state index in [2.05, 4.69) is 37.4 Å². The average molecular weight is 419 g/mol. The van der Waals surface area contributed by atoms with E-state index in [1.165, 1.54) is 5.56 Å². The van der Waals surface area contributed by atoms with Crippen LogP contribution in [-0.4, -0.2) is 30.6 Å². The molecule has 160 valence electrons. The first-order chi connectivity index (χ1) is 14.8. The quantitative estimate of drug-likeness (QED) is 0.668. The highest BCUT2D eigenvalue weighted by molar-refractivity contribution is 6.01. The van der Waals surface area contributed by atoms with E-state index in [0.717, 1.165) is 16.7 Å². The van der Waals surface area contributed by atoms with E-state index in [-0.39, 0.29) is 25.4 Å². The Kier molecular flexibility index (Phi) is 5.42. The van der Waals surface area contributed by atoms with E-state index in [4.69, 9.17) is 15.2 Å². The van der Waals surface area contributed by atoms with E-state index in [0.29, 0.717) is 35.9 Å². The highest BCUT2D eigenvalue weighted by Gasteiger charge is 2.52. The fraction of sp³-hybridized carbons (Fsp3) is 0.375. The molecule has 0 radical (unpaired) electrons. The second-order valence-electron chi connectivity index (χ2n) is 8.34. The summed E-state index contributed by atoms with van der Waals surface area (Å²) < 4.78 is 11.2. The fourth-order valence-corrected chi connectivity index (χ4v) is 3.90. The van der Waals surface area contributed by atoms with Gasteiger partial charge in [0.2, 0.25) is 5.91 Å². The lowest BCUT2D eigenvalue weighted by molar-refractivity contribution is -0.122. The summed E-state index contributed by atoms with van der Waals surface area (Å²) >= 11 is 0. The number of fused-ring (bicyclic) bond motifs is 1. The summed E-state index contributed by atoms with van der Waals surface area (Å²) in [5, 5.41) is 12.7. The van der Waals surface area contributed by atoms with Crippen molar-refractivity contribution in [3.05, 3.63) is 47.0 Å². The molecular formula is C24H25N3O4. The van der Waals surface area contributed by atoms with Crippen LogP contribution in [0.15, 0.2) is 30.3 Å². The number of carbonyl (C=O) groups excluding carboxylic acids is 2. The Hall–Kier alpha value is -3.37. The van der Waals surface area contributed by atoms with Crippen molar-refractivity contribution in [1.29, 1.82) is 5.26 Å². The molecule has 2 aliphatic rings. The summed E-state index contributed by atoms with van der Waals surface area (Å²) in [4.78, 5) is 24.0. The van der Waals surface area contributed by atoms with Gasteiger partial charge >= 0.3 is 0 Å². The first-order valence-electron chi connectivity index (χ1n) is 10.4. The second-order valence-corrected chi connectivity index (χ2v) is 8.34. The summed E-state index contributed by atoms with van der Waals surface area (Å²) in [6, 6.07) is 12.2. The molecule has 1 atom stereocenters. The minimum Gasteiger partial charge on any atom is -0.492 e. The number of nitrogens with one attached hydrogen (secondary N) is 1. The van der Waals surface area contributed by atoms with Gasteiger partial charge in [0.05, 0.1) is 24.5 Å². The van der Waals surface area contributed by atoms with Crippen LogP contribution in [0.3, 0.4) is 0 Å². The summed E-state index contributed by atoms with van der Waals surface area (Å²) in [6.07, 6.45) is 0.875. The molecule has 0 spiro atoms. The number of carbonyl (C=O) groups is 2. The number of epoxide rings is 1. The smallest absolute Gasteiger partial charge is 0.259 e. The summed E-state index contributed by atoms with van der Waals surface area (Å²) in [5.74, 6) is 0.257. The van der Waals surface area contributed by atoms with Gasteiger partial charge in [0.1, 0.15) is 11.8 Å². The Balaban J connectivity index is 1.70. The van der Waals surface area contributed by atoms with Crippen LogP contribution in [0.1, 0.15) is 49.3 Å². The van der Waals surface area contributed by atoms with Crippen LogP contribution in [0.5, 0.6) is 5.75 Å². The first-order valence-corrected chi connectivity index (χ1v) is 10.4. The van der Waals surface area contributed by atoms with Crippen LogP contribution < -0.4 is 15.8 Å². The Morgan fingerprint density at radius 2 is 2.00 bits per heavy atom. The normalized spacial score (nSPS) is 18.8. The topological polar surface area (TPSA) is 118 Å². The molecule has 0 saturated carbocycles. The molecule has 0 bridgehead atoms. The van der Waals surface area contributed by atoms with Crippen LogP contribution in [0.25, 0.3) is 11.1 Å². The second kappa shape index (κ2) is 8.05. The zero-order valence-corrected chi connectivity index (χ0v) is 17.7. The number of rotatable bonds is 7. The molecule has 2 amide bonds. The molecule has 2 aromatic rings. The van der Waals surface area contributed by atoms with Crippen molar-refractivity contribution in [1.82, 2.24) is 0 Å². The van der Waals surface area contributed by atoms with Gasteiger partial charge in [0.15, 0.2) is 5.60 Å². The number of anilines is 1. The highest BCUT2D eigenvalue weighted by Crippen LogP contribution is 2.43. The lowest BCUT2D eigenvalue weighted by Gasteiger charge is -2.17. The molecule has 2 aliphatic heterocycles. The number of benzene rings is 2. The molecule has 3 N–H and O–H groups in total. The Bertz CT molecular complexity index is 1080. The highest BCUT2D eigenvalue weighted by atomic mass is 16.6. The van der Waals surface area contributed by atoms with Crippen LogP contribution in [0.4, 0.5) is 5.69 Å². The van der Waals surface area contributed by atoms with Gasteiger partial charge in [-0.1, -0.05) is 38.1 Å². The van der Waals surface area contributed by atoms with Crippen molar-refractivity contribution in [3.8, 4) is 22.9 Å². The van der Waals surface area contributed by atoms with E-state index < -0.39 is 11.5 Å². The minimum absolute atomic E-state index is 0.0595. The predicted molar refractivity (Wildman–Crippen MR) is 116 cm³/mol. The van der Waals surface area contributed by atoms with Crippen LogP contribution >= 0.6 is 0 Å². The average Bonchev–Trinajstić information content (AvgIpc) is 3.40. The lowest BCUT2D eigenvalue weighted by Crippen LogP contribution is -2.33.